The third kappa shape index (κ3) is 19.7. The van der Waals surface area contributed by atoms with Crippen LogP contribution in [-0.2, 0) is 4.79 Å². The van der Waals surface area contributed by atoms with Crippen molar-refractivity contribution in [1.82, 2.24) is 0 Å². The van der Waals surface area contributed by atoms with Crippen molar-refractivity contribution in [3.63, 3.8) is 0 Å². The van der Waals surface area contributed by atoms with Crippen molar-refractivity contribution < 1.29 is 9.90 Å². The van der Waals surface area contributed by atoms with Crippen molar-refractivity contribution in [3.8, 4) is 0 Å². The predicted molar refractivity (Wildman–Crippen MR) is 105 cm³/mol. The van der Waals surface area contributed by atoms with E-state index in [1.165, 1.54) is 0 Å². The molecule has 2 heteroatoms. The SMILES string of the molecule is CC/C=C/C=C/C=C\C=C\C=C\C=C\C=C\CCCCCC(=O)O. The van der Waals surface area contributed by atoms with E-state index in [1.807, 2.05) is 72.9 Å². The van der Waals surface area contributed by atoms with E-state index in [-0.39, 0.29) is 6.42 Å². The minimum Gasteiger partial charge on any atom is -0.481 e. The Morgan fingerprint density at radius 1 is 0.667 bits per heavy atom. The molecule has 0 unspecified atom stereocenters. The van der Waals surface area contributed by atoms with Crippen LogP contribution in [0, 0.1) is 0 Å². The summed E-state index contributed by atoms with van der Waals surface area (Å²) in [6.45, 7) is 2.12. The monoisotopic (exact) mass is 326 g/mol. The number of aliphatic carboxylic acids is 1. The lowest BCUT2D eigenvalue weighted by Crippen LogP contribution is -1.93. The highest BCUT2D eigenvalue weighted by Gasteiger charge is 1.94. The molecule has 2 nitrogen and oxygen atoms in total. The molecule has 130 valence electrons. The highest BCUT2D eigenvalue weighted by Crippen LogP contribution is 2.03. The van der Waals surface area contributed by atoms with Crippen LogP contribution in [0.1, 0.15) is 45.4 Å². The summed E-state index contributed by atoms with van der Waals surface area (Å²) in [6, 6.07) is 0. The fourth-order valence-electron chi connectivity index (χ4n) is 1.75. The summed E-state index contributed by atoms with van der Waals surface area (Å²) in [7, 11) is 0. The molecule has 0 bridgehead atoms. The van der Waals surface area contributed by atoms with Crippen molar-refractivity contribution in [2.75, 3.05) is 0 Å². The number of carboxylic acid groups (broad SMARTS) is 1. The van der Waals surface area contributed by atoms with Crippen LogP contribution in [-0.4, -0.2) is 11.1 Å². The third-order valence-electron chi connectivity index (χ3n) is 2.99. The van der Waals surface area contributed by atoms with E-state index in [0.717, 1.165) is 32.1 Å². The van der Waals surface area contributed by atoms with Crippen LogP contribution in [0.25, 0.3) is 0 Å². The molecule has 0 aliphatic carbocycles. The first-order valence-electron chi connectivity index (χ1n) is 8.64. The van der Waals surface area contributed by atoms with Crippen molar-refractivity contribution >= 4 is 5.97 Å². The lowest BCUT2D eigenvalue weighted by Gasteiger charge is -1.94. The molecule has 0 saturated heterocycles. The average Bonchev–Trinajstić information content (AvgIpc) is 2.56. The maximum absolute atomic E-state index is 10.3. The summed E-state index contributed by atoms with van der Waals surface area (Å²) in [5.74, 6) is -0.703. The maximum atomic E-state index is 10.3. The Morgan fingerprint density at radius 3 is 1.58 bits per heavy atom. The van der Waals surface area contributed by atoms with Gasteiger partial charge < -0.3 is 5.11 Å². The van der Waals surface area contributed by atoms with Crippen LogP contribution in [0.2, 0.25) is 0 Å². The highest BCUT2D eigenvalue weighted by molar-refractivity contribution is 5.66. The van der Waals surface area contributed by atoms with Gasteiger partial charge in [-0.15, -0.1) is 0 Å². The molecule has 0 aromatic carbocycles. The summed E-state index contributed by atoms with van der Waals surface area (Å²) in [4.78, 5) is 10.3. The van der Waals surface area contributed by atoms with Crippen LogP contribution < -0.4 is 0 Å². The van der Waals surface area contributed by atoms with Crippen molar-refractivity contribution in [1.29, 1.82) is 0 Å². The van der Waals surface area contributed by atoms with Gasteiger partial charge in [0.05, 0.1) is 0 Å². The number of hydrogen-bond acceptors (Lipinski definition) is 1. The molecular weight excluding hydrogens is 296 g/mol. The van der Waals surface area contributed by atoms with E-state index < -0.39 is 5.97 Å². The van der Waals surface area contributed by atoms with Gasteiger partial charge in [-0.25, -0.2) is 0 Å². The Kier molecular flexibility index (Phi) is 16.9. The Hall–Kier alpha value is -2.35. The van der Waals surface area contributed by atoms with Gasteiger partial charge in [-0.2, -0.15) is 0 Å². The van der Waals surface area contributed by atoms with Crippen molar-refractivity contribution in [2.24, 2.45) is 0 Å². The van der Waals surface area contributed by atoms with Gasteiger partial charge in [-0.3, -0.25) is 4.79 Å². The zero-order chi connectivity index (χ0) is 17.7. The Balaban J connectivity index is 3.66. The quantitative estimate of drug-likeness (QED) is 0.317. The molecule has 0 spiro atoms. The smallest absolute Gasteiger partial charge is 0.303 e. The number of rotatable bonds is 13. The number of hydrogen-bond donors (Lipinski definition) is 1. The van der Waals surface area contributed by atoms with Crippen LogP contribution >= 0.6 is 0 Å². The summed E-state index contributed by atoms with van der Waals surface area (Å²) in [5, 5.41) is 8.51. The zero-order valence-corrected chi connectivity index (χ0v) is 14.7. The Labute approximate surface area is 147 Å². The normalized spacial score (nSPS) is 13.4. The van der Waals surface area contributed by atoms with Crippen molar-refractivity contribution in [3.05, 3.63) is 85.1 Å². The van der Waals surface area contributed by atoms with Gasteiger partial charge in [-0.05, 0) is 25.7 Å². The summed E-state index contributed by atoms with van der Waals surface area (Å²) in [6.07, 6.45) is 33.4. The van der Waals surface area contributed by atoms with Gasteiger partial charge in [0.1, 0.15) is 0 Å². The maximum Gasteiger partial charge on any atom is 0.303 e. The van der Waals surface area contributed by atoms with Crippen LogP contribution in [0.3, 0.4) is 0 Å². The number of carbonyl (C=O) groups is 1. The first kappa shape index (κ1) is 21.6. The standard InChI is InChI=1S/C22H30O2/c1-2-3-4-5-6-7-8-9-10-11-12-13-14-15-16-17-18-19-20-21-22(23)24/h3-16H,2,17-21H2,1H3,(H,23,24)/b4-3+,6-5+,8-7-,10-9+,12-11+,14-13+,16-15+. The van der Waals surface area contributed by atoms with Crippen molar-refractivity contribution in [2.45, 2.75) is 45.4 Å². The molecule has 0 atom stereocenters. The van der Waals surface area contributed by atoms with E-state index in [2.05, 4.69) is 19.1 Å². The molecule has 0 aromatic rings. The van der Waals surface area contributed by atoms with Gasteiger partial charge in [0, 0.05) is 6.42 Å². The first-order chi connectivity index (χ1) is 11.8. The molecule has 0 saturated carbocycles. The van der Waals surface area contributed by atoms with Gasteiger partial charge in [-0.1, -0.05) is 98.4 Å². The molecule has 0 rings (SSSR count). The molecule has 1 N–H and O–H groups in total. The number of unbranched alkanes of at least 4 members (excludes halogenated alkanes) is 3. The van der Waals surface area contributed by atoms with Gasteiger partial charge in [0.2, 0.25) is 0 Å². The largest absolute Gasteiger partial charge is 0.481 e. The van der Waals surface area contributed by atoms with E-state index in [4.69, 9.17) is 5.11 Å². The summed E-state index contributed by atoms with van der Waals surface area (Å²) < 4.78 is 0. The number of carboxylic acids is 1. The van der Waals surface area contributed by atoms with E-state index in [0.29, 0.717) is 0 Å². The lowest BCUT2D eigenvalue weighted by atomic mass is 10.1. The van der Waals surface area contributed by atoms with E-state index in [1.54, 1.807) is 0 Å². The Bertz CT molecular complexity index is 500. The van der Waals surface area contributed by atoms with Crippen LogP contribution in [0.5, 0.6) is 0 Å². The fourth-order valence-corrected chi connectivity index (χ4v) is 1.75. The van der Waals surface area contributed by atoms with Crippen LogP contribution in [0.4, 0.5) is 0 Å². The second-order valence-electron chi connectivity index (χ2n) is 5.18. The molecule has 0 radical (unpaired) electrons. The molecule has 0 fully saturated rings. The summed E-state index contributed by atoms with van der Waals surface area (Å²) in [5.41, 5.74) is 0. The van der Waals surface area contributed by atoms with Gasteiger partial charge >= 0.3 is 5.97 Å². The second kappa shape index (κ2) is 18.7. The second-order valence-corrected chi connectivity index (χ2v) is 5.18. The first-order valence-corrected chi connectivity index (χ1v) is 8.64. The van der Waals surface area contributed by atoms with E-state index in [9.17, 15) is 4.79 Å². The minimum atomic E-state index is -0.703. The minimum absolute atomic E-state index is 0.281. The lowest BCUT2D eigenvalue weighted by molar-refractivity contribution is -0.137. The molecule has 0 heterocycles. The zero-order valence-electron chi connectivity index (χ0n) is 14.7. The topological polar surface area (TPSA) is 37.3 Å². The van der Waals surface area contributed by atoms with E-state index >= 15 is 0 Å². The van der Waals surface area contributed by atoms with Gasteiger partial charge in [0.15, 0.2) is 0 Å². The predicted octanol–water partition coefficient (Wildman–Crippen LogP) is 6.32. The molecule has 0 aliphatic rings. The molecule has 0 amide bonds. The van der Waals surface area contributed by atoms with Gasteiger partial charge in [0.25, 0.3) is 0 Å². The Morgan fingerprint density at radius 2 is 1.12 bits per heavy atom. The number of allylic oxidation sites excluding steroid dienone is 14. The fraction of sp³-hybridized carbons (Fsp3) is 0.318. The highest BCUT2D eigenvalue weighted by atomic mass is 16.4. The average molecular weight is 326 g/mol. The molecule has 0 aromatic heterocycles. The molecular formula is C22H30O2. The van der Waals surface area contributed by atoms with Crippen LogP contribution in [0.15, 0.2) is 85.1 Å². The molecule has 0 aliphatic heterocycles. The molecule has 24 heavy (non-hydrogen) atoms. The summed E-state index contributed by atoms with van der Waals surface area (Å²) >= 11 is 0. The third-order valence-corrected chi connectivity index (χ3v) is 2.99.